The summed E-state index contributed by atoms with van der Waals surface area (Å²) in [6.45, 7) is 0.673. The molecule has 0 atom stereocenters. The molecule has 2 aromatic rings. The van der Waals surface area contributed by atoms with Gasteiger partial charge in [-0.05, 0) is 46.9 Å². The van der Waals surface area contributed by atoms with Gasteiger partial charge in [-0.2, -0.15) is 0 Å². The topological polar surface area (TPSA) is 41.3 Å². The molecule has 0 radical (unpaired) electrons. The van der Waals surface area contributed by atoms with Gasteiger partial charge < -0.3 is 14.6 Å². The molecule has 2 heterocycles. The predicted octanol–water partition coefficient (Wildman–Crippen LogP) is 2.96. The molecule has 0 amide bonds. The van der Waals surface area contributed by atoms with Crippen LogP contribution in [0.2, 0.25) is 0 Å². The van der Waals surface area contributed by atoms with Gasteiger partial charge >= 0.3 is 0 Å². The summed E-state index contributed by atoms with van der Waals surface area (Å²) >= 11 is 2.15. The lowest BCUT2D eigenvalue weighted by atomic mass is 10.3. The van der Waals surface area contributed by atoms with E-state index in [9.17, 15) is 0 Å². The summed E-state index contributed by atoms with van der Waals surface area (Å²) in [5.41, 5.74) is 0.988. The number of halogens is 1. The zero-order chi connectivity index (χ0) is 12.3. The molecule has 0 aliphatic heterocycles. The van der Waals surface area contributed by atoms with Crippen LogP contribution in [0.15, 0.2) is 34.9 Å². The predicted molar refractivity (Wildman–Crippen MR) is 77.3 cm³/mol. The van der Waals surface area contributed by atoms with Gasteiger partial charge in [0.15, 0.2) is 3.77 Å². The lowest BCUT2D eigenvalue weighted by Gasteiger charge is -2.11. The molecular formula is C12H14IN3O. The first-order chi connectivity index (χ1) is 8.15. The Kier molecular flexibility index (Phi) is 3.88. The van der Waals surface area contributed by atoms with E-state index in [1.165, 1.54) is 0 Å². The van der Waals surface area contributed by atoms with Gasteiger partial charge in [0, 0.05) is 14.1 Å². The number of rotatable bonds is 4. The van der Waals surface area contributed by atoms with Gasteiger partial charge in [0.2, 0.25) is 0 Å². The van der Waals surface area contributed by atoms with E-state index in [-0.39, 0.29) is 0 Å². The van der Waals surface area contributed by atoms with E-state index in [0.717, 1.165) is 21.0 Å². The van der Waals surface area contributed by atoms with Crippen LogP contribution in [0.5, 0.6) is 0 Å². The largest absolute Gasteiger partial charge is 0.454 e. The summed E-state index contributed by atoms with van der Waals surface area (Å²) in [6, 6.07) is 7.91. The fourth-order valence-corrected chi connectivity index (χ4v) is 1.85. The van der Waals surface area contributed by atoms with Gasteiger partial charge in [0.25, 0.3) is 0 Å². The maximum atomic E-state index is 5.46. The van der Waals surface area contributed by atoms with E-state index in [0.29, 0.717) is 6.54 Å². The van der Waals surface area contributed by atoms with Crippen molar-refractivity contribution in [1.29, 1.82) is 0 Å². The molecule has 17 heavy (non-hydrogen) atoms. The van der Waals surface area contributed by atoms with E-state index in [1.54, 1.807) is 0 Å². The lowest BCUT2D eigenvalue weighted by molar-refractivity contribution is 0.493. The zero-order valence-electron chi connectivity index (χ0n) is 9.77. The fraction of sp³-hybridized carbons (Fsp3) is 0.250. The Morgan fingerprint density at radius 1 is 1.29 bits per heavy atom. The number of anilines is 2. The first-order valence-electron chi connectivity index (χ1n) is 5.26. The molecular weight excluding hydrogens is 329 g/mol. The molecule has 4 nitrogen and oxygen atoms in total. The second-order valence-corrected chi connectivity index (χ2v) is 4.92. The van der Waals surface area contributed by atoms with Crippen LogP contribution >= 0.6 is 22.6 Å². The van der Waals surface area contributed by atoms with Gasteiger partial charge in [-0.1, -0.05) is 0 Å². The Morgan fingerprint density at radius 3 is 2.65 bits per heavy atom. The molecule has 0 unspecified atom stereocenters. The van der Waals surface area contributed by atoms with E-state index in [1.807, 2.05) is 49.5 Å². The van der Waals surface area contributed by atoms with Crippen molar-refractivity contribution in [3.8, 4) is 0 Å². The maximum absolute atomic E-state index is 5.46. The summed E-state index contributed by atoms with van der Waals surface area (Å²) in [6.07, 6.45) is 1.82. The highest BCUT2D eigenvalue weighted by atomic mass is 127. The van der Waals surface area contributed by atoms with Crippen molar-refractivity contribution in [1.82, 2.24) is 4.98 Å². The third-order valence-corrected chi connectivity index (χ3v) is 2.88. The highest BCUT2D eigenvalue weighted by Gasteiger charge is 2.00. The van der Waals surface area contributed by atoms with Crippen molar-refractivity contribution in [3.05, 3.63) is 40.0 Å². The number of nitrogens with one attached hydrogen (secondary N) is 1. The standard InChI is InChI=1S/C12H14IN3O/c1-16(2)12-6-3-9(7-15-12)14-8-10-4-5-11(13)17-10/h3-7,14H,8H2,1-2H3. The van der Waals surface area contributed by atoms with Gasteiger partial charge in [-0.3, -0.25) is 0 Å². The van der Waals surface area contributed by atoms with Crippen molar-refractivity contribution in [2.45, 2.75) is 6.54 Å². The van der Waals surface area contributed by atoms with Crippen LogP contribution in [-0.2, 0) is 6.54 Å². The first kappa shape index (κ1) is 12.2. The molecule has 0 aliphatic carbocycles. The average molecular weight is 343 g/mol. The zero-order valence-corrected chi connectivity index (χ0v) is 11.9. The normalized spacial score (nSPS) is 10.3. The van der Waals surface area contributed by atoms with Crippen LogP contribution < -0.4 is 10.2 Å². The van der Waals surface area contributed by atoms with E-state index in [4.69, 9.17) is 4.42 Å². The third-order valence-electron chi connectivity index (χ3n) is 2.30. The number of hydrogen-bond donors (Lipinski definition) is 1. The molecule has 5 heteroatoms. The Bertz CT molecular complexity index is 479. The van der Waals surface area contributed by atoms with E-state index < -0.39 is 0 Å². The van der Waals surface area contributed by atoms with Gasteiger partial charge in [0.05, 0.1) is 18.4 Å². The minimum absolute atomic E-state index is 0.673. The molecule has 1 N–H and O–H groups in total. The molecule has 0 saturated carbocycles. The minimum Gasteiger partial charge on any atom is -0.454 e. The van der Waals surface area contributed by atoms with Crippen LogP contribution in [0.1, 0.15) is 5.76 Å². The van der Waals surface area contributed by atoms with Gasteiger partial charge in [0.1, 0.15) is 11.6 Å². The summed E-state index contributed by atoms with van der Waals surface area (Å²) in [7, 11) is 3.94. The van der Waals surface area contributed by atoms with Gasteiger partial charge in [-0.15, -0.1) is 0 Å². The Morgan fingerprint density at radius 2 is 2.12 bits per heavy atom. The minimum atomic E-state index is 0.673. The summed E-state index contributed by atoms with van der Waals surface area (Å²) in [5, 5.41) is 3.26. The van der Waals surface area contributed by atoms with Crippen LogP contribution in [0.25, 0.3) is 0 Å². The van der Waals surface area contributed by atoms with E-state index in [2.05, 4.69) is 32.9 Å². The van der Waals surface area contributed by atoms with Crippen LogP contribution in [0.3, 0.4) is 0 Å². The molecule has 0 bridgehead atoms. The lowest BCUT2D eigenvalue weighted by Crippen LogP contribution is -2.10. The Hall–Kier alpha value is -1.24. The summed E-state index contributed by atoms with van der Waals surface area (Å²) < 4.78 is 6.37. The van der Waals surface area contributed by atoms with Crippen molar-refractivity contribution in [2.24, 2.45) is 0 Å². The van der Waals surface area contributed by atoms with Crippen molar-refractivity contribution < 1.29 is 4.42 Å². The monoisotopic (exact) mass is 343 g/mol. The van der Waals surface area contributed by atoms with Gasteiger partial charge in [-0.25, -0.2) is 4.98 Å². The maximum Gasteiger partial charge on any atom is 0.164 e. The van der Waals surface area contributed by atoms with Crippen molar-refractivity contribution >= 4 is 34.1 Å². The second kappa shape index (κ2) is 5.39. The Labute approximate surface area is 114 Å². The molecule has 0 spiro atoms. The number of aromatic nitrogens is 1. The van der Waals surface area contributed by atoms with Crippen LogP contribution in [0, 0.1) is 3.77 Å². The molecule has 90 valence electrons. The smallest absolute Gasteiger partial charge is 0.164 e. The first-order valence-corrected chi connectivity index (χ1v) is 6.34. The average Bonchev–Trinajstić information content (AvgIpc) is 2.73. The Balaban J connectivity index is 1.95. The molecule has 0 aliphatic rings. The number of nitrogens with zero attached hydrogens (tertiary/aromatic N) is 2. The quantitative estimate of drug-likeness (QED) is 0.867. The number of furan rings is 1. The summed E-state index contributed by atoms with van der Waals surface area (Å²) in [5.74, 6) is 1.87. The van der Waals surface area contributed by atoms with Crippen molar-refractivity contribution in [2.75, 3.05) is 24.3 Å². The SMILES string of the molecule is CN(C)c1ccc(NCc2ccc(I)o2)cn1. The number of pyridine rings is 1. The highest BCUT2D eigenvalue weighted by Crippen LogP contribution is 2.14. The summed E-state index contributed by atoms with van der Waals surface area (Å²) in [4.78, 5) is 6.30. The molecule has 0 saturated heterocycles. The second-order valence-electron chi connectivity index (χ2n) is 3.86. The van der Waals surface area contributed by atoms with Crippen molar-refractivity contribution in [3.63, 3.8) is 0 Å². The third kappa shape index (κ3) is 3.36. The molecule has 2 aromatic heterocycles. The molecule has 2 rings (SSSR count). The highest BCUT2D eigenvalue weighted by molar-refractivity contribution is 14.1. The van der Waals surface area contributed by atoms with Crippen LogP contribution in [0.4, 0.5) is 11.5 Å². The fourth-order valence-electron chi connectivity index (χ4n) is 1.39. The number of hydrogen-bond acceptors (Lipinski definition) is 4. The van der Waals surface area contributed by atoms with E-state index >= 15 is 0 Å². The molecule has 0 aromatic carbocycles. The molecule has 0 fully saturated rings. The van der Waals surface area contributed by atoms with Crippen LogP contribution in [-0.4, -0.2) is 19.1 Å².